The third-order valence-corrected chi connectivity index (χ3v) is 6.36. The second-order valence-electron chi connectivity index (χ2n) is 9.76. The van der Waals surface area contributed by atoms with E-state index in [-0.39, 0.29) is 36.2 Å². The highest BCUT2D eigenvalue weighted by Crippen LogP contribution is 2.37. The van der Waals surface area contributed by atoms with Crippen LogP contribution in [0, 0.1) is 0 Å². The number of hydrogen-bond donors (Lipinski definition) is 1. The van der Waals surface area contributed by atoms with E-state index in [0.29, 0.717) is 11.1 Å². The Morgan fingerprint density at radius 1 is 1.12 bits per heavy atom. The highest BCUT2D eigenvalue weighted by molar-refractivity contribution is 5.95. The molecule has 0 aliphatic carbocycles. The zero-order chi connectivity index (χ0) is 28.8. The van der Waals surface area contributed by atoms with Crippen molar-refractivity contribution in [2.24, 2.45) is 0 Å². The van der Waals surface area contributed by atoms with Crippen molar-refractivity contribution in [2.45, 2.75) is 44.4 Å². The Labute approximate surface area is 224 Å². The van der Waals surface area contributed by atoms with Gasteiger partial charge in [0.25, 0.3) is 5.56 Å². The Balaban J connectivity index is 1.28. The minimum atomic E-state index is -4.61. The van der Waals surface area contributed by atoms with E-state index < -0.39 is 53.3 Å². The minimum absolute atomic E-state index is 0.000432. The van der Waals surface area contributed by atoms with Gasteiger partial charge in [0.2, 0.25) is 5.79 Å². The monoisotopic (exact) mass is 560 g/mol. The van der Waals surface area contributed by atoms with Gasteiger partial charge >= 0.3 is 24.2 Å². The van der Waals surface area contributed by atoms with Gasteiger partial charge in [0.1, 0.15) is 6.61 Å². The molecule has 13 heteroatoms. The highest BCUT2D eigenvalue weighted by atomic mass is 19.4. The van der Waals surface area contributed by atoms with Crippen LogP contribution in [0.5, 0.6) is 0 Å². The van der Waals surface area contributed by atoms with Gasteiger partial charge in [-0.15, -0.1) is 0 Å². The molecule has 3 aromatic rings. The number of rotatable bonds is 6. The molecule has 5 rings (SSSR count). The molecule has 0 radical (unpaired) electrons. The molecule has 3 heterocycles. The third-order valence-electron chi connectivity index (χ3n) is 6.36. The number of H-pyrrole nitrogens is 1. The van der Waals surface area contributed by atoms with Crippen LogP contribution in [0.25, 0.3) is 22.0 Å². The van der Waals surface area contributed by atoms with E-state index in [1.807, 2.05) is 0 Å². The van der Waals surface area contributed by atoms with Crippen molar-refractivity contribution in [1.82, 2.24) is 4.98 Å². The lowest BCUT2D eigenvalue weighted by molar-refractivity contribution is -0.161. The topological polar surface area (TPSA) is 124 Å². The second kappa shape index (κ2) is 9.97. The number of aromatic amines is 1. The first-order valence-electron chi connectivity index (χ1n) is 12.2. The second-order valence-corrected chi connectivity index (χ2v) is 9.76. The van der Waals surface area contributed by atoms with Gasteiger partial charge in [0.15, 0.2) is 12.2 Å². The summed E-state index contributed by atoms with van der Waals surface area (Å²) in [6.45, 7) is 2.80. The molecule has 0 saturated carbocycles. The summed E-state index contributed by atoms with van der Waals surface area (Å²) in [5.74, 6) is -2.56. The quantitative estimate of drug-likeness (QED) is 0.352. The number of ether oxygens (including phenoxy) is 4. The van der Waals surface area contributed by atoms with Crippen molar-refractivity contribution in [2.75, 3.05) is 18.1 Å². The van der Waals surface area contributed by atoms with Gasteiger partial charge < -0.3 is 23.9 Å². The summed E-state index contributed by atoms with van der Waals surface area (Å²) in [4.78, 5) is 53.1. The van der Waals surface area contributed by atoms with E-state index in [1.54, 1.807) is 0 Å². The van der Waals surface area contributed by atoms with E-state index in [9.17, 15) is 32.3 Å². The Hall–Kier alpha value is -4.39. The molecular formula is C27H23F3N2O8. The van der Waals surface area contributed by atoms with Crippen LogP contribution in [-0.4, -0.2) is 54.2 Å². The highest BCUT2D eigenvalue weighted by Gasteiger charge is 2.42. The molecule has 2 atom stereocenters. The number of anilines is 1. The van der Waals surface area contributed by atoms with Crippen molar-refractivity contribution in [3.63, 3.8) is 0 Å². The van der Waals surface area contributed by atoms with Crippen molar-refractivity contribution in [3.05, 3.63) is 64.4 Å². The molecule has 2 saturated heterocycles. The normalized spacial score (nSPS) is 20.5. The van der Waals surface area contributed by atoms with E-state index in [2.05, 4.69) is 4.98 Å². The summed E-state index contributed by atoms with van der Waals surface area (Å²) in [5.41, 5.74) is -1.38. The molecule has 210 valence electrons. The number of halogens is 3. The lowest BCUT2D eigenvalue weighted by atomic mass is 10.0. The molecule has 1 amide bonds. The number of carbonyl (C=O) groups excluding carboxylic acids is 3. The Morgan fingerprint density at radius 2 is 1.88 bits per heavy atom. The van der Waals surface area contributed by atoms with Gasteiger partial charge in [-0.2, -0.15) is 13.2 Å². The number of esters is 2. The lowest BCUT2D eigenvalue weighted by Crippen LogP contribution is -2.28. The molecule has 0 bridgehead atoms. The molecule has 2 unspecified atom stereocenters. The fraction of sp³-hybridized carbons (Fsp3) is 0.333. The van der Waals surface area contributed by atoms with Crippen LogP contribution in [0.15, 0.2) is 53.3 Å². The summed E-state index contributed by atoms with van der Waals surface area (Å²) >= 11 is 0. The van der Waals surface area contributed by atoms with Crippen molar-refractivity contribution < 1.29 is 46.5 Å². The molecule has 40 heavy (non-hydrogen) atoms. The van der Waals surface area contributed by atoms with Gasteiger partial charge in [-0.1, -0.05) is 24.3 Å². The first kappa shape index (κ1) is 27.2. The van der Waals surface area contributed by atoms with E-state index in [4.69, 9.17) is 18.9 Å². The van der Waals surface area contributed by atoms with Crippen molar-refractivity contribution >= 4 is 34.5 Å². The van der Waals surface area contributed by atoms with Crippen LogP contribution < -0.4 is 10.5 Å². The SMILES string of the molecule is CC1(C)OC(=O)C(CC(=O)OCC2CN(c3ccc4cc(-c5ccccc5C(F)(F)F)[nH]c(=O)c4c3)C(=O)O2)O1. The lowest BCUT2D eigenvalue weighted by Gasteiger charge is -2.15. The molecule has 10 nitrogen and oxygen atoms in total. The fourth-order valence-electron chi connectivity index (χ4n) is 4.59. The zero-order valence-corrected chi connectivity index (χ0v) is 21.2. The maximum atomic E-state index is 13.5. The standard InChI is InChI=1S/C27H23F3N2O8/c1-26(2)39-21(24(35)40-26)11-22(33)37-13-16-12-32(25(36)38-16)15-8-7-14-9-20(31-23(34)18(14)10-15)17-5-3-4-6-19(17)27(28,29)30/h3-10,16,21H,11-13H2,1-2H3,(H,31,34). The molecule has 1 N–H and O–H groups in total. The predicted molar refractivity (Wildman–Crippen MR) is 133 cm³/mol. The summed E-state index contributed by atoms with van der Waals surface area (Å²) in [6, 6.07) is 10.8. The Bertz CT molecular complexity index is 1570. The molecule has 2 aliphatic heterocycles. The van der Waals surface area contributed by atoms with Crippen LogP contribution in [0.1, 0.15) is 25.8 Å². The number of alkyl halides is 3. The number of benzene rings is 2. The van der Waals surface area contributed by atoms with Gasteiger partial charge in [0.05, 0.1) is 18.5 Å². The number of fused-ring (bicyclic) bond motifs is 1. The first-order valence-corrected chi connectivity index (χ1v) is 12.2. The third kappa shape index (κ3) is 5.50. The molecular weight excluding hydrogens is 537 g/mol. The molecule has 0 spiro atoms. The van der Waals surface area contributed by atoms with Crippen LogP contribution in [0.2, 0.25) is 0 Å². The van der Waals surface area contributed by atoms with Crippen LogP contribution in [0.4, 0.5) is 23.7 Å². The van der Waals surface area contributed by atoms with Crippen LogP contribution >= 0.6 is 0 Å². The molecule has 2 fully saturated rings. The van der Waals surface area contributed by atoms with Crippen LogP contribution in [0.3, 0.4) is 0 Å². The van der Waals surface area contributed by atoms with E-state index in [1.165, 1.54) is 61.2 Å². The molecule has 1 aromatic heterocycles. The first-order chi connectivity index (χ1) is 18.8. The Kier molecular flexibility index (Phi) is 6.78. The molecule has 2 aliphatic rings. The van der Waals surface area contributed by atoms with Gasteiger partial charge in [-0.05, 0) is 29.7 Å². The van der Waals surface area contributed by atoms with Gasteiger partial charge in [0, 0.05) is 36.2 Å². The summed E-state index contributed by atoms with van der Waals surface area (Å²) < 4.78 is 61.2. The average Bonchev–Trinajstić information content (AvgIpc) is 3.38. The number of nitrogens with one attached hydrogen (secondary N) is 1. The number of hydrogen-bond acceptors (Lipinski definition) is 8. The number of carbonyl (C=O) groups is 3. The number of nitrogens with zero attached hydrogens (tertiary/aromatic N) is 1. The van der Waals surface area contributed by atoms with E-state index >= 15 is 0 Å². The summed E-state index contributed by atoms with van der Waals surface area (Å²) in [7, 11) is 0. The summed E-state index contributed by atoms with van der Waals surface area (Å²) in [6.07, 6.45) is -7.63. The Morgan fingerprint density at radius 3 is 2.58 bits per heavy atom. The van der Waals surface area contributed by atoms with E-state index in [0.717, 1.165) is 6.07 Å². The van der Waals surface area contributed by atoms with Crippen LogP contribution in [-0.2, 0) is 34.7 Å². The largest absolute Gasteiger partial charge is 0.462 e. The fourth-order valence-corrected chi connectivity index (χ4v) is 4.59. The summed E-state index contributed by atoms with van der Waals surface area (Å²) in [5, 5.41) is 0.521. The van der Waals surface area contributed by atoms with Gasteiger partial charge in [-0.3, -0.25) is 14.5 Å². The zero-order valence-electron chi connectivity index (χ0n) is 21.2. The number of amides is 1. The smallest absolute Gasteiger partial charge is 0.417 e. The minimum Gasteiger partial charge on any atom is -0.462 e. The predicted octanol–water partition coefficient (Wildman–Crippen LogP) is 4.15. The molecule has 2 aromatic carbocycles. The number of aromatic nitrogens is 1. The number of cyclic esters (lactones) is 2. The number of pyridine rings is 1. The average molecular weight is 560 g/mol. The van der Waals surface area contributed by atoms with Crippen molar-refractivity contribution in [1.29, 1.82) is 0 Å². The van der Waals surface area contributed by atoms with Crippen molar-refractivity contribution in [3.8, 4) is 11.3 Å². The van der Waals surface area contributed by atoms with Gasteiger partial charge in [-0.25, -0.2) is 9.59 Å². The maximum absolute atomic E-state index is 13.5. The maximum Gasteiger partial charge on any atom is 0.417 e.